The van der Waals surface area contributed by atoms with Crippen LogP contribution in [0.15, 0.2) is 52.3 Å². The number of para-hydroxylation sites is 1. The molecule has 10 heteroatoms. The van der Waals surface area contributed by atoms with Crippen molar-refractivity contribution in [3.63, 3.8) is 0 Å². The van der Waals surface area contributed by atoms with E-state index in [9.17, 15) is 18.0 Å². The van der Waals surface area contributed by atoms with Gasteiger partial charge in [0.15, 0.2) is 0 Å². The van der Waals surface area contributed by atoms with Crippen molar-refractivity contribution >= 4 is 45.9 Å². The molecule has 0 atom stereocenters. The molecule has 1 fully saturated rings. The quantitative estimate of drug-likeness (QED) is 0.441. The number of nitrogens with one attached hydrogen (secondary N) is 2. The molecule has 29 heavy (non-hydrogen) atoms. The van der Waals surface area contributed by atoms with Gasteiger partial charge in [-0.2, -0.15) is 0 Å². The lowest BCUT2D eigenvalue weighted by Gasteiger charge is -2.12. The average molecular weight is 438 g/mol. The van der Waals surface area contributed by atoms with Gasteiger partial charge >= 0.3 is 5.97 Å². The number of hydrogen-bond acceptors (Lipinski definition) is 6. The molecule has 0 bridgehead atoms. The number of benzene rings is 2. The lowest BCUT2D eigenvalue weighted by molar-refractivity contribution is -0.114. The first kappa shape index (κ1) is 22.7. The number of thiol groups is 1. The van der Waals surface area contributed by atoms with Gasteiger partial charge in [0, 0.05) is 29.7 Å². The van der Waals surface area contributed by atoms with E-state index in [0.717, 1.165) is 24.6 Å². The molecule has 2 aromatic carbocycles. The Hall–Kier alpha value is -2.56. The SMILES string of the molecule is CC(=O)Nc1ccccc1.NS(=O)(=O)c1cc(C(=O)O)cc(NCC2CC2)c1S. The molecule has 0 aromatic heterocycles. The van der Waals surface area contributed by atoms with Gasteiger partial charge in [-0.1, -0.05) is 18.2 Å². The van der Waals surface area contributed by atoms with E-state index in [1.165, 1.54) is 13.0 Å². The summed E-state index contributed by atoms with van der Waals surface area (Å²) in [6.07, 6.45) is 2.24. The number of anilines is 2. The molecule has 0 heterocycles. The average Bonchev–Trinajstić information content (AvgIpc) is 3.45. The minimum absolute atomic E-state index is 0.0359. The topological polar surface area (TPSA) is 139 Å². The van der Waals surface area contributed by atoms with E-state index < -0.39 is 16.0 Å². The molecule has 1 aliphatic rings. The Balaban J connectivity index is 0.000000253. The van der Waals surface area contributed by atoms with Gasteiger partial charge in [-0.25, -0.2) is 18.4 Å². The molecule has 1 aliphatic carbocycles. The summed E-state index contributed by atoms with van der Waals surface area (Å²) >= 11 is 4.13. The summed E-state index contributed by atoms with van der Waals surface area (Å²) in [6, 6.07) is 11.7. The molecule has 156 valence electrons. The van der Waals surface area contributed by atoms with Crippen LogP contribution in [0.5, 0.6) is 0 Å². The smallest absolute Gasteiger partial charge is 0.335 e. The molecule has 5 N–H and O–H groups in total. The fourth-order valence-corrected chi connectivity index (χ4v) is 3.64. The molecule has 0 saturated heterocycles. The monoisotopic (exact) mass is 437 g/mol. The fourth-order valence-electron chi connectivity index (χ4n) is 2.38. The van der Waals surface area contributed by atoms with Gasteiger partial charge in [0.05, 0.1) is 10.5 Å². The molecule has 3 rings (SSSR count). The van der Waals surface area contributed by atoms with E-state index in [1.807, 2.05) is 30.3 Å². The highest BCUT2D eigenvalue weighted by atomic mass is 32.2. The number of sulfonamides is 1. The minimum atomic E-state index is -4.01. The van der Waals surface area contributed by atoms with Crippen LogP contribution in [-0.2, 0) is 14.8 Å². The fraction of sp³-hybridized carbons (Fsp3) is 0.263. The third kappa shape index (κ3) is 7.41. The number of hydrogen-bond donors (Lipinski definition) is 5. The molecule has 1 saturated carbocycles. The number of carboxylic acids is 1. The van der Waals surface area contributed by atoms with Crippen molar-refractivity contribution < 1.29 is 23.1 Å². The third-order valence-corrected chi connectivity index (χ3v) is 5.57. The van der Waals surface area contributed by atoms with Crippen molar-refractivity contribution in [3.8, 4) is 0 Å². The largest absolute Gasteiger partial charge is 0.478 e. The number of aromatic carboxylic acids is 1. The molecule has 8 nitrogen and oxygen atoms in total. The van der Waals surface area contributed by atoms with Crippen molar-refractivity contribution in [1.82, 2.24) is 0 Å². The maximum Gasteiger partial charge on any atom is 0.335 e. The van der Waals surface area contributed by atoms with Gasteiger partial charge in [-0.05, 0) is 43.0 Å². The van der Waals surface area contributed by atoms with Crippen molar-refractivity contribution in [3.05, 3.63) is 48.0 Å². The normalized spacial score (nSPS) is 13.1. The second-order valence-electron chi connectivity index (χ2n) is 6.59. The minimum Gasteiger partial charge on any atom is -0.478 e. The Morgan fingerprint density at radius 3 is 2.31 bits per heavy atom. The number of carbonyl (C=O) groups excluding carboxylic acids is 1. The molecule has 1 amide bonds. The van der Waals surface area contributed by atoms with Gasteiger partial charge in [0.25, 0.3) is 0 Å². The van der Waals surface area contributed by atoms with Crippen LogP contribution in [0.25, 0.3) is 0 Å². The Labute approximate surface area is 175 Å². The highest BCUT2D eigenvalue weighted by molar-refractivity contribution is 7.90. The molecule has 0 aliphatic heterocycles. The molecule has 0 unspecified atom stereocenters. The van der Waals surface area contributed by atoms with Crippen LogP contribution in [0, 0.1) is 5.92 Å². The van der Waals surface area contributed by atoms with E-state index in [0.29, 0.717) is 18.2 Å². The first-order chi connectivity index (χ1) is 13.6. The summed E-state index contributed by atoms with van der Waals surface area (Å²) < 4.78 is 22.9. The second kappa shape index (κ2) is 9.77. The second-order valence-corrected chi connectivity index (χ2v) is 8.57. The summed E-state index contributed by atoms with van der Waals surface area (Å²) in [4.78, 5) is 21.4. The van der Waals surface area contributed by atoms with E-state index >= 15 is 0 Å². The zero-order valence-corrected chi connectivity index (χ0v) is 17.5. The van der Waals surface area contributed by atoms with Crippen LogP contribution >= 0.6 is 12.6 Å². The van der Waals surface area contributed by atoms with E-state index in [4.69, 9.17) is 10.2 Å². The van der Waals surface area contributed by atoms with Crippen molar-refractivity contribution in [2.24, 2.45) is 11.1 Å². The zero-order chi connectivity index (χ0) is 21.6. The molecule has 0 spiro atoms. The van der Waals surface area contributed by atoms with Crippen molar-refractivity contribution in [2.45, 2.75) is 29.6 Å². The zero-order valence-electron chi connectivity index (χ0n) is 15.8. The highest BCUT2D eigenvalue weighted by Gasteiger charge is 2.23. The predicted octanol–water partition coefficient (Wildman–Crippen LogP) is 2.79. The lowest BCUT2D eigenvalue weighted by Crippen LogP contribution is -2.16. The lowest BCUT2D eigenvalue weighted by atomic mass is 10.2. The van der Waals surface area contributed by atoms with Gasteiger partial charge < -0.3 is 15.7 Å². The number of nitrogens with two attached hydrogens (primary N) is 1. The summed E-state index contributed by atoms with van der Waals surface area (Å²) in [5.74, 6) is -0.696. The van der Waals surface area contributed by atoms with Crippen molar-refractivity contribution in [1.29, 1.82) is 0 Å². The third-order valence-electron chi connectivity index (χ3n) is 4.00. The number of carbonyl (C=O) groups is 2. The Bertz CT molecular complexity index is 990. The summed E-state index contributed by atoms with van der Waals surface area (Å²) in [5.41, 5.74) is 1.08. The standard InChI is InChI=1S/C11H14N2O4S2.C8H9NO/c12-19(16,17)9-4-7(11(14)15)3-8(10(9)18)13-5-6-1-2-6;1-7(10)9-8-5-3-2-4-6-8/h3-4,6,13,18H,1-2,5H2,(H,14,15)(H2,12,16,17);2-6H,1H3,(H,9,10). The van der Waals surface area contributed by atoms with Crippen LogP contribution in [0.3, 0.4) is 0 Å². The predicted molar refractivity (Wildman–Crippen MR) is 114 cm³/mol. The van der Waals surface area contributed by atoms with E-state index in [-0.39, 0.29) is 21.3 Å². The van der Waals surface area contributed by atoms with Crippen LogP contribution < -0.4 is 15.8 Å². The van der Waals surface area contributed by atoms with Crippen LogP contribution in [0.4, 0.5) is 11.4 Å². The first-order valence-electron chi connectivity index (χ1n) is 8.77. The van der Waals surface area contributed by atoms with Gasteiger partial charge in [-0.15, -0.1) is 12.6 Å². The Morgan fingerprint density at radius 1 is 1.21 bits per heavy atom. The van der Waals surface area contributed by atoms with Crippen molar-refractivity contribution in [2.75, 3.05) is 17.2 Å². The molecule has 2 aromatic rings. The van der Waals surface area contributed by atoms with E-state index in [2.05, 4.69) is 23.3 Å². The summed E-state index contributed by atoms with van der Waals surface area (Å²) in [7, 11) is -4.01. The number of amides is 1. The molecular weight excluding hydrogens is 414 g/mol. The Morgan fingerprint density at radius 2 is 1.83 bits per heavy atom. The number of carboxylic acid groups (broad SMARTS) is 1. The molecular formula is C19H23N3O5S2. The van der Waals surface area contributed by atoms with Gasteiger partial charge in [0.1, 0.15) is 0 Å². The summed E-state index contributed by atoms with van der Waals surface area (Å²) in [6.45, 7) is 2.16. The Kier molecular flexibility index (Phi) is 7.66. The van der Waals surface area contributed by atoms with Crippen LogP contribution in [0.1, 0.15) is 30.1 Å². The van der Waals surface area contributed by atoms with Crippen LogP contribution in [0.2, 0.25) is 0 Å². The van der Waals surface area contributed by atoms with Crippen LogP contribution in [-0.4, -0.2) is 31.9 Å². The highest BCUT2D eigenvalue weighted by Crippen LogP contribution is 2.32. The van der Waals surface area contributed by atoms with Gasteiger partial charge in [-0.3, -0.25) is 4.79 Å². The van der Waals surface area contributed by atoms with Gasteiger partial charge in [0.2, 0.25) is 15.9 Å². The number of rotatable bonds is 6. The maximum absolute atomic E-state index is 11.4. The number of primary sulfonamides is 1. The summed E-state index contributed by atoms with van der Waals surface area (Å²) in [5, 5.41) is 19.7. The van der Waals surface area contributed by atoms with E-state index in [1.54, 1.807) is 0 Å². The first-order valence-corrected chi connectivity index (χ1v) is 10.8. The molecule has 0 radical (unpaired) electrons. The maximum atomic E-state index is 11.4.